The summed E-state index contributed by atoms with van der Waals surface area (Å²) in [6.07, 6.45) is 0. The highest BCUT2D eigenvalue weighted by molar-refractivity contribution is 6.26. The molecular formula is C56H43N. The molecule has 0 bridgehead atoms. The van der Waals surface area contributed by atoms with Crippen molar-refractivity contribution in [1.29, 1.82) is 0 Å². The van der Waals surface area contributed by atoms with Gasteiger partial charge in [-0.1, -0.05) is 167 Å². The minimum absolute atomic E-state index is 0.00500. The zero-order chi connectivity index (χ0) is 38.5. The van der Waals surface area contributed by atoms with Crippen LogP contribution in [0.3, 0.4) is 0 Å². The van der Waals surface area contributed by atoms with Crippen molar-refractivity contribution >= 4 is 70.9 Å². The highest BCUT2D eigenvalue weighted by Gasteiger charge is 2.45. The van der Waals surface area contributed by atoms with Crippen LogP contribution in [-0.4, -0.2) is 0 Å². The van der Waals surface area contributed by atoms with Crippen molar-refractivity contribution in [1.82, 2.24) is 0 Å². The largest absolute Gasteiger partial charge is 0.310 e. The molecule has 1 aliphatic rings. The van der Waals surface area contributed by atoms with Crippen LogP contribution in [0, 0.1) is 0 Å². The Kier molecular flexibility index (Phi) is 7.32. The molecule has 0 aliphatic heterocycles. The molecule has 10 aromatic carbocycles. The van der Waals surface area contributed by atoms with Crippen molar-refractivity contribution in [2.75, 3.05) is 4.90 Å². The fourth-order valence-corrected chi connectivity index (χ4v) is 9.95. The molecule has 1 aliphatic carbocycles. The first-order chi connectivity index (χ1) is 27.8. The minimum atomic E-state index is -0.0324. The number of nitrogens with zero attached hydrogens (tertiary/aromatic N) is 1. The second-order valence-corrected chi connectivity index (χ2v) is 16.9. The van der Waals surface area contributed by atoms with Crippen molar-refractivity contribution in [3.8, 4) is 22.3 Å². The molecule has 272 valence electrons. The van der Waals surface area contributed by atoms with Crippen molar-refractivity contribution in [2.24, 2.45) is 0 Å². The third kappa shape index (κ3) is 4.95. The van der Waals surface area contributed by atoms with Gasteiger partial charge in [0.05, 0.1) is 0 Å². The standard InChI is InChI=1S/C56H43N/c1-55(2)51-28-14-18-39-35-49(48-27-15-29-52(56(55,3)4)54(48)53(39)51)38-17-13-22-42(33-38)57(40-19-6-5-7-20-40)41-21-12-16-36(32-41)37-30-31-47-45-25-9-8-23-43(45)44-24-10-11-26-46(44)50(47)34-37/h5-35H,1-4H3. The van der Waals surface area contributed by atoms with Gasteiger partial charge < -0.3 is 4.90 Å². The second kappa shape index (κ2) is 12.4. The highest BCUT2D eigenvalue weighted by atomic mass is 15.1. The van der Waals surface area contributed by atoms with Crippen LogP contribution in [0.1, 0.15) is 38.8 Å². The van der Waals surface area contributed by atoms with Crippen molar-refractivity contribution < 1.29 is 0 Å². The lowest BCUT2D eigenvalue weighted by Crippen LogP contribution is -2.42. The summed E-state index contributed by atoms with van der Waals surface area (Å²) in [5.74, 6) is 0. The van der Waals surface area contributed by atoms with Crippen LogP contribution < -0.4 is 4.90 Å². The third-order valence-electron chi connectivity index (χ3n) is 13.5. The Labute approximate surface area is 334 Å². The maximum Gasteiger partial charge on any atom is 0.0467 e. The quantitative estimate of drug-likeness (QED) is 0.159. The lowest BCUT2D eigenvalue weighted by Gasteiger charge is -2.47. The van der Waals surface area contributed by atoms with E-state index in [1.807, 2.05) is 0 Å². The van der Waals surface area contributed by atoms with Crippen LogP contribution in [0.5, 0.6) is 0 Å². The zero-order valence-electron chi connectivity index (χ0n) is 32.8. The molecule has 0 fully saturated rings. The molecule has 0 saturated heterocycles. The Morgan fingerprint density at radius 2 is 0.789 bits per heavy atom. The van der Waals surface area contributed by atoms with Gasteiger partial charge in [-0.05, 0) is 147 Å². The molecule has 0 radical (unpaired) electrons. The fourth-order valence-electron chi connectivity index (χ4n) is 9.95. The van der Waals surface area contributed by atoms with E-state index in [2.05, 4.69) is 221 Å². The van der Waals surface area contributed by atoms with Gasteiger partial charge in [-0.2, -0.15) is 0 Å². The van der Waals surface area contributed by atoms with Crippen molar-refractivity contribution in [3.63, 3.8) is 0 Å². The predicted molar refractivity (Wildman–Crippen MR) is 246 cm³/mol. The second-order valence-electron chi connectivity index (χ2n) is 16.9. The molecular weight excluding hydrogens is 687 g/mol. The van der Waals surface area contributed by atoms with E-state index < -0.39 is 0 Å². The summed E-state index contributed by atoms with van der Waals surface area (Å²) >= 11 is 0. The summed E-state index contributed by atoms with van der Waals surface area (Å²) in [4.78, 5) is 2.40. The summed E-state index contributed by atoms with van der Waals surface area (Å²) in [6.45, 7) is 9.67. The molecule has 1 heteroatoms. The Morgan fingerprint density at radius 1 is 0.316 bits per heavy atom. The number of hydrogen-bond acceptors (Lipinski definition) is 1. The molecule has 11 rings (SSSR count). The van der Waals surface area contributed by atoms with E-state index in [4.69, 9.17) is 0 Å². The van der Waals surface area contributed by atoms with E-state index in [9.17, 15) is 0 Å². The third-order valence-corrected chi connectivity index (χ3v) is 13.5. The summed E-state index contributed by atoms with van der Waals surface area (Å²) in [6, 6.07) is 69.8. The number of fused-ring (bicyclic) bond motifs is 6. The van der Waals surface area contributed by atoms with Crippen molar-refractivity contribution in [2.45, 2.75) is 38.5 Å². The van der Waals surface area contributed by atoms with Crippen LogP contribution in [-0.2, 0) is 10.8 Å². The molecule has 0 spiro atoms. The number of rotatable bonds is 5. The molecule has 1 nitrogen and oxygen atoms in total. The lowest BCUT2D eigenvalue weighted by molar-refractivity contribution is 0.304. The highest BCUT2D eigenvalue weighted by Crippen LogP contribution is 2.55. The molecule has 0 atom stereocenters. The zero-order valence-corrected chi connectivity index (χ0v) is 32.8. The van der Waals surface area contributed by atoms with E-state index in [0.717, 1.165) is 17.1 Å². The smallest absolute Gasteiger partial charge is 0.0467 e. The van der Waals surface area contributed by atoms with Crippen molar-refractivity contribution in [3.05, 3.63) is 199 Å². The lowest BCUT2D eigenvalue weighted by atomic mass is 9.56. The van der Waals surface area contributed by atoms with Crippen LogP contribution in [0.25, 0.3) is 76.1 Å². The molecule has 0 unspecified atom stereocenters. The Balaban J connectivity index is 1.08. The summed E-state index contributed by atoms with van der Waals surface area (Å²) in [5, 5.41) is 13.2. The molecule has 0 amide bonds. The molecule has 0 aromatic heterocycles. The van der Waals surface area contributed by atoms with Gasteiger partial charge in [-0.15, -0.1) is 0 Å². The van der Waals surface area contributed by atoms with E-state index in [1.54, 1.807) is 0 Å². The maximum atomic E-state index is 2.43. The van der Waals surface area contributed by atoms with Crippen LogP contribution in [0.2, 0.25) is 0 Å². The molecule has 57 heavy (non-hydrogen) atoms. The Hall–Kier alpha value is -6.70. The normalized spacial score (nSPS) is 14.2. The van der Waals surface area contributed by atoms with Crippen LogP contribution >= 0.6 is 0 Å². The van der Waals surface area contributed by atoms with Crippen LogP contribution in [0.4, 0.5) is 17.1 Å². The molecule has 10 aromatic rings. The Bertz CT molecular complexity index is 3200. The SMILES string of the molecule is CC1(C)c2cccc3cc(-c4cccc(N(c5ccccc5)c5cccc(-c6ccc7c8ccccc8c8ccccc8c7c6)c5)c4)c4cccc(c4c23)C1(C)C. The van der Waals surface area contributed by atoms with Gasteiger partial charge >= 0.3 is 0 Å². The van der Waals surface area contributed by atoms with E-state index in [1.165, 1.54) is 87.2 Å². The van der Waals surface area contributed by atoms with E-state index >= 15 is 0 Å². The minimum Gasteiger partial charge on any atom is -0.310 e. The number of anilines is 3. The van der Waals surface area contributed by atoms with Gasteiger partial charge in [0, 0.05) is 17.1 Å². The first kappa shape index (κ1) is 33.6. The Morgan fingerprint density at radius 3 is 1.46 bits per heavy atom. The summed E-state index contributed by atoms with van der Waals surface area (Å²) in [5.41, 5.74) is 11.1. The average molecular weight is 730 g/mol. The van der Waals surface area contributed by atoms with Gasteiger partial charge in [-0.3, -0.25) is 0 Å². The number of hydrogen-bond donors (Lipinski definition) is 0. The van der Waals surface area contributed by atoms with Gasteiger partial charge in [0.2, 0.25) is 0 Å². The van der Waals surface area contributed by atoms with Gasteiger partial charge in [-0.25, -0.2) is 0 Å². The topological polar surface area (TPSA) is 3.24 Å². The number of benzene rings is 10. The predicted octanol–water partition coefficient (Wildman–Crippen LogP) is 15.8. The summed E-state index contributed by atoms with van der Waals surface area (Å²) in [7, 11) is 0. The fraction of sp³-hybridized carbons (Fsp3) is 0.107. The maximum absolute atomic E-state index is 2.43. The summed E-state index contributed by atoms with van der Waals surface area (Å²) < 4.78 is 0. The molecule has 0 heterocycles. The van der Waals surface area contributed by atoms with Crippen LogP contribution in [0.15, 0.2) is 188 Å². The monoisotopic (exact) mass is 729 g/mol. The van der Waals surface area contributed by atoms with Gasteiger partial charge in [0.25, 0.3) is 0 Å². The van der Waals surface area contributed by atoms with E-state index in [-0.39, 0.29) is 10.8 Å². The van der Waals surface area contributed by atoms with Gasteiger partial charge in [0.1, 0.15) is 0 Å². The average Bonchev–Trinajstić information content (AvgIpc) is 3.26. The molecule has 0 N–H and O–H groups in total. The first-order valence-electron chi connectivity index (χ1n) is 20.2. The van der Waals surface area contributed by atoms with Gasteiger partial charge in [0.15, 0.2) is 0 Å². The molecule has 0 saturated carbocycles. The first-order valence-corrected chi connectivity index (χ1v) is 20.2. The van der Waals surface area contributed by atoms with E-state index in [0.29, 0.717) is 0 Å². The number of para-hydroxylation sites is 1.